The van der Waals surface area contributed by atoms with Gasteiger partial charge in [-0.25, -0.2) is 0 Å². The van der Waals surface area contributed by atoms with E-state index in [9.17, 15) is 5.11 Å². The van der Waals surface area contributed by atoms with Gasteiger partial charge >= 0.3 is 0 Å². The summed E-state index contributed by atoms with van der Waals surface area (Å²) in [6, 6.07) is 5.58. The number of rotatable bonds is 7. The molecule has 1 rings (SSSR count). The largest absolute Gasteiger partial charge is 0.490 e. The van der Waals surface area contributed by atoms with Crippen molar-refractivity contribution in [3.63, 3.8) is 0 Å². The van der Waals surface area contributed by atoms with Crippen LogP contribution >= 0.6 is 15.9 Å². The molecular formula is C14H22BrNO3. The maximum absolute atomic E-state index is 9.77. The van der Waals surface area contributed by atoms with Gasteiger partial charge in [0.05, 0.1) is 12.7 Å². The third-order valence-corrected chi connectivity index (χ3v) is 3.01. The highest BCUT2D eigenvalue weighted by Crippen LogP contribution is 2.27. The molecule has 0 heterocycles. The summed E-state index contributed by atoms with van der Waals surface area (Å²) >= 11 is 3.39. The van der Waals surface area contributed by atoms with E-state index in [1.54, 1.807) is 0 Å². The molecule has 0 aliphatic rings. The van der Waals surface area contributed by atoms with Crippen LogP contribution in [0.1, 0.15) is 32.4 Å². The maximum atomic E-state index is 9.77. The Morgan fingerprint density at radius 1 is 1.26 bits per heavy atom. The molecule has 19 heavy (non-hydrogen) atoms. The monoisotopic (exact) mass is 331 g/mol. The molecule has 108 valence electrons. The standard InChI is InChI=1S/C14H22BrNO3/c1-9(2)18-7-12(17)8-19-14-6-11(15)4-5-13(14)10(3)16/h4-6,9-10,12,17H,7-8,16H2,1-3H3/t10-,12?/m1/s1. The molecule has 0 radical (unpaired) electrons. The van der Waals surface area contributed by atoms with Gasteiger partial charge in [0.25, 0.3) is 0 Å². The van der Waals surface area contributed by atoms with E-state index in [0.717, 1.165) is 10.0 Å². The lowest BCUT2D eigenvalue weighted by Gasteiger charge is -2.17. The summed E-state index contributed by atoms with van der Waals surface area (Å²) in [5, 5.41) is 9.77. The van der Waals surface area contributed by atoms with Crippen molar-refractivity contribution >= 4 is 15.9 Å². The number of hydrogen-bond donors (Lipinski definition) is 2. The van der Waals surface area contributed by atoms with Crippen molar-refractivity contribution in [2.45, 2.75) is 39.0 Å². The number of aliphatic hydroxyl groups is 1. The van der Waals surface area contributed by atoms with E-state index in [0.29, 0.717) is 5.75 Å². The lowest BCUT2D eigenvalue weighted by molar-refractivity contribution is -0.0124. The van der Waals surface area contributed by atoms with Crippen LogP contribution in [0.2, 0.25) is 0 Å². The molecule has 0 saturated carbocycles. The molecule has 0 aliphatic heterocycles. The second kappa shape index (κ2) is 7.85. The van der Waals surface area contributed by atoms with Gasteiger partial charge in [0.1, 0.15) is 18.5 Å². The van der Waals surface area contributed by atoms with E-state index < -0.39 is 6.10 Å². The van der Waals surface area contributed by atoms with Gasteiger partial charge in [-0.1, -0.05) is 22.0 Å². The molecule has 0 aliphatic carbocycles. The van der Waals surface area contributed by atoms with Crippen molar-refractivity contribution in [1.29, 1.82) is 0 Å². The summed E-state index contributed by atoms with van der Waals surface area (Å²) in [5.41, 5.74) is 6.80. The van der Waals surface area contributed by atoms with Gasteiger partial charge in [-0.15, -0.1) is 0 Å². The first-order chi connectivity index (χ1) is 8.90. The van der Waals surface area contributed by atoms with Gasteiger partial charge in [-0.05, 0) is 32.9 Å². The van der Waals surface area contributed by atoms with Crippen LogP contribution in [-0.2, 0) is 4.74 Å². The van der Waals surface area contributed by atoms with Crippen molar-refractivity contribution in [2.75, 3.05) is 13.2 Å². The van der Waals surface area contributed by atoms with Gasteiger partial charge in [0, 0.05) is 16.1 Å². The van der Waals surface area contributed by atoms with Gasteiger partial charge in [-0.2, -0.15) is 0 Å². The highest BCUT2D eigenvalue weighted by Gasteiger charge is 2.12. The Bertz CT molecular complexity index is 396. The predicted molar refractivity (Wildman–Crippen MR) is 79.3 cm³/mol. The third-order valence-electron chi connectivity index (χ3n) is 2.52. The molecule has 0 amide bonds. The summed E-state index contributed by atoms with van der Waals surface area (Å²) in [6.07, 6.45) is -0.553. The second-order valence-corrected chi connectivity index (χ2v) is 5.73. The topological polar surface area (TPSA) is 64.7 Å². The molecule has 0 fully saturated rings. The molecule has 0 saturated heterocycles. The summed E-state index contributed by atoms with van der Waals surface area (Å²) in [4.78, 5) is 0. The second-order valence-electron chi connectivity index (χ2n) is 4.82. The molecule has 0 spiro atoms. The fourth-order valence-corrected chi connectivity index (χ4v) is 1.89. The number of nitrogens with two attached hydrogens (primary N) is 1. The number of ether oxygens (including phenoxy) is 2. The Hall–Kier alpha value is -0.620. The van der Waals surface area contributed by atoms with Crippen molar-refractivity contribution < 1.29 is 14.6 Å². The van der Waals surface area contributed by atoms with E-state index in [1.807, 2.05) is 39.0 Å². The molecule has 1 aromatic rings. The SMILES string of the molecule is CC(C)OCC(O)COc1cc(Br)ccc1[C@@H](C)N. The normalized spacial score (nSPS) is 14.5. The molecule has 4 nitrogen and oxygen atoms in total. The summed E-state index contributed by atoms with van der Waals surface area (Å²) in [5.74, 6) is 0.688. The Balaban J connectivity index is 2.59. The molecule has 1 aromatic carbocycles. The van der Waals surface area contributed by atoms with Gasteiger partial charge < -0.3 is 20.3 Å². The first-order valence-corrected chi connectivity index (χ1v) is 7.17. The zero-order chi connectivity index (χ0) is 14.4. The van der Waals surface area contributed by atoms with Crippen LogP contribution in [-0.4, -0.2) is 30.5 Å². The number of benzene rings is 1. The molecule has 2 atom stereocenters. The Kier molecular flexibility index (Phi) is 6.79. The first-order valence-electron chi connectivity index (χ1n) is 6.37. The highest BCUT2D eigenvalue weighted by atomic mass is 79.9. The van der Waals surface area contributed by atoms with Crippen LogP contribution in [0.25, 0.3) is 0 Å². The zero-order valence-electron chi connectivity index (χ0n) is 11.6. The molecule has 0 bridgehead atoms. The van der Waals surface area contributed by atoms with E-state index in [2.05, 4.69) is 15.9 Å². The number of hydrogen-bond acceptors (Lipinski definition) is 4. The fraction of sp³-hybridized carbons (Fsp3) is 0.571. The molecular weight excluding hydrogens is 310 g/mol. The summed E-state index contributed by atoms with van der Waals surface area (Å²) in [7, 11) is 0. The lowest BCUT2D eigenvalue weighted by atomic mass is 10.1. The van der Waals surface area contributed by atoms with Crippen LogP contribution in [0.15, 0.2) is 22.7 Å². The highest BCUT2D eigenvalue weighted by molar-refractivity contribution is 9.10. The third kappa shape index (κ3) is 5.91. The van der Waals surface area contributed by atoms with Crippen LogP contribution < -0.4 is 10.5 Å². The van der Waals surface area contributed by atoms with E-state index in [1.165, 1.54) is 0 Å². The minimum Gasteiger partial charge on any atom is -0.490 e. The maximum Gasteiger partial charge on any atom is 0.125 e. The zero-order valence-corrected chi connectivity index (χ0v) is 13.2. The quantitative estimate of drug-likeness (QED) is 0.806. The molecule has 1 unspecified atom stereocenters. The number of halogens is 1. The number of aliphatic hydroxyl groups excluding tert-OH is 1. The minimum atomic E-state index is -0.651. The van der Waals surface area contributed by atoms with Crippen molar-refractivity contribution in [2.24, 2.45) is 5.73 Å². The minimum absolute atomic E-state index is 0.0974. The Labute approximate surface area is 123 Å². The van der Waals surface area contributed by atoms with Gasteiger partial charge in [0.2, 0.25) is 0 Å². The van der Waals surface area contributed by atoms with Crippen LogP contribution in [0.4, 0.5) is 0 Å². The average Bonchev–Trinajstić information content (AvgIpc) is 2.33. The summed E-state index contributed by atoms with van der Waals surface area (Å²) in [6.45, 7) is 6.20. The van der Waals surface area contributed by atoms with Crippen molar-refractivity contribution in [3.8, 4) is 5.75 Å². The van der Waals surface area contributed by atoms with Gasteiger partial charge in [0.15, 0.2) is 0 Å². The Morgan fingerprint density at radius 2 is 1.95 bits per heavy atom. The fourth-order valence-electron chi connectivity index (χ4n) is 1.55. The van der Waals surface area contributed by atoms with Crippen LogP contribution in [0, 0.1) is 0 Å². The van der Waals surface area contributed by atoms with Gasteiger partial charge in [-0.3, -0.25) is 0 Å². The van der Waals surface area contributed by atoms with Crippen LogP contribution in [0.5, 0.6) is 5.75 Å². The van der Waals surface area contributed by atoms with Crippen molar-refractivity contribution in [1.82, 2.24) is 0 Å². The molecule has 0 aromatic heterocycles. The van der Waals surface area contributed by atoms with E-state index in [-0.39, 0.29) is 25.4 Å². The van der Waals surface area contributed by atoms with E-state index in [4.69, 9.17) is 15.2 Å². The molecule has 3 N–H and O–H groups in total. The summed E-state index contributed by atoms with van der Waals surface area (Å²) < 4.78 is 11.9. The lowest BCUT2D eigenvalue weighted by Crippen LogP contribution is -2.25. The molecule has 5 heteroatoms. The van der Waals surface area contributed by atoms with Crippen LogP contribution in [0.3, 0.4) is 0 Å². The average molecular weight is 332 g/mol. The predicted octanol–water partition coefficient (Wildman–Crippen LogP) is 2.63. The Morgan fingerprint density at radius 3 is 2.53 bits per heavy atom. The smallest absolute Gasteiger partial charge is 0.125 e. The first kappa shape index (κ1) is 16.4. The van der Waals surface area contributed by atoms with Crippen molar-refractivity contribution in [3.05, 3.63) is 28.2 Å². The van der Waals surface area contributed by atoms with E-state index >= 15 is 0 Å².